The fourth-order valence-electron chi connectivity index (χ4n) is 3.19. The molecular weight excluding hydrogens is 459 g/mol. The Balaban J connectivity index is 1.58. The Bertz CT molecular complexity index is 1360. The van der Waals surface area contributed by atoms with Gasteiger partial charge in [0.2, 0.25) is 5.91 Å². The summed E-state index contributed by atoms with van der Waals surface area (Å²) in [5, 5.41) is 6.25. The second-order valence-electron chi connectivity index (χ2n) is 7.23. The summed E-state index contributed by atoms with van der Waals surface area (Å²) in [6, 6.07) is 19.9. The van der Waals surface area contributed by atoms with Crippen molar-refractivity contribution in [2.45, 2.75) is 0 Å². The molecule has 0 radical (unpaired) electrons. The van der Waals surface area contributed by atoms with E-state index in [1.54, 1.807) is 12.1 Å². The van der Waals surface area contributed by atoms with Gasteiger partial charge in [0, 0.05) is 17.1 Å². The van der Waals surface area contributed by atoms with Crippen LogP contribution in [-0.2, 0) is 9.36 Å². The highest BCUT2D eigenvalue weighted by molar-refractivity contribution is 7.52. The number of nitrogens with zero attached hydrogens (tertiary/aromatic N) is 2. The number of anilines is 3. The lowest BCUT2D eigenvalue weighted by Gasteiger charge is -2.14. The lowest BCUT2D eigenvalue weighted by molar-refractivity contribution is -0.114. The first-order chi connectivity index (χ1) is 16.3. The van der Waals surface area contributed by atoms with Crippen molar-refractivity contribution >= 4 is 41.6 Å². The van der Waals surface area contributed by atoms with E-state index in [0.717, 1.165) is 11.4 Å². The van der Waals surface area contributed by atoms with E-state index in [-0.39, 0.29) is 5.69 Å². The maximum absolute atomic E-state index is 12.1. The summed E-state index contributed by atoms with van der Waals surface area (Å²) in [6.45, 7) is 0. The van der Waals surface area contributed by atoms with Gasteiger partial charge in [-0.2, -0.15) is 0 Å². The van der Waals surface area contributed by atoms with Crippen LogP contribution < -0.4 is 20.1 Å². The first-order valence-corrected chi connectivity index (χ1v) is 11.9. The van der Waals surface area contributed by atoms with E-state index in [2.05, 4.69) is 20.6 Å². The van der Waals surface area contributed by atoms with Gasteiger partial charge >= 0.3 is 7.60 Å². The zero-order valence-corrected chi connectivity index (χ0v) is 18.9. The molecular formula is C23H21N4O6P. The Morgan fingerprint density at radius 3 is 2.38 bits per heavy atom. The molecule has 1 aromatic heterocycles. The van der Waals surface area contributed by atoms with E-state index in [1.165, 1.54) is 13.4 Å². The highest BCUT2D eigenvalue weighted by Crippen LogP contribution is 2.36. The molecule has 0 aliphatic heterocycles. The second-order valence-corrected chi connectivity index (χ2v) is 8.87. The number of fused-ring (bicyclic) bond motifs is 1. The number of methoxy groups -OCH3 is 1. The average Bonchev–Trinajstić information content (AvgIpc) is 2.80. The molecule has 0 saturated heterocycles. The van der Waals surface area contributed by atoms with Gasteiger partial charge in [-0.15, -0.1) is 0 Å². The van der Waals surface area contributed by atoms with Crippen LogP contribution in [0.4, 0.5) is 17.2 Å². The number of carbonyl (C=O) groups is 1. The Labute approximate surface area is 194 Å². The fraction of sp³-hybridized carbons (Fsp3) is 0.0870. The van der Waals surface area contributed by atoms with Gasteiger partial charge in [-0.3, -0.25) is 9.36 Å². The van der Waals surface area contributed by atoms with E-state index in [0.29, 0.717) is 28.2 Å². The summed E-state index contributed by atoms with van der Waals surface area (Å²) >= 11 is 0. The first-order valence-electron chi connectivity index (χ1n) is 10.1. The van der Waals surface area contributed by atoms with Gasteiger partial charge in [0.05, 0.1) is 18.3 Å². The van der Waals surface area contributed by atoms with Gasteiger partial charge in [-0.25, -0.2) is 9.97 Å². The third-order valence-corrected chi connectivity index (χ3v) is 5.38. The largest absolute Gasteiger partial charge is 0.494 e. The van der Waals surface area contributed by atoms with Gasteiger partial charge in [-0.05, 0) is 42.5 Å². The van der Waals surface area contributed by atoms with E-state index < -0.39 is 19.7 Å². The number of para-hydroxylation sites is 1. The Morgan fingerprint density at radius 1 is 1.00 bits per heavy atom. The zero-order chi connectivity index (χ0) is 24.1. The van der Waals surface area contributed by atoms with Gasteiger partial charge in [0.25, 0.3) is 0 Å². The molecule has 0 aliphatic carbocycles. The quantitative estimate of drug-likeness (QED) is 0.272. The van der Waals surface area contributed by atoms with Crippen molar-refractivity contribution < 1.29 is 28.6 Å². The van der Waals surface area contributed by atoms with E-state index in [4.69, 9.17) is 19.3 Å². The van der Waals surface area contributed by atoms with Crippen LogP contribution in [0.3, 0.4) is 0 Å². The standard InChI is InChI=1S/C23H21N4O6P/c1-32-21-12-19-18(11-20(21)27-22(28)13-34(29,30)31)23(25-14-24-19)26-15-7-9-17(10-8-15)33-16-5-3-2-4-6-16/h2-12,14H,13H2,1H3,(H,27,28)(H,24,25,26)(H2,29,30,31). The molecule has 4 aromatic rings. The van der Waals surface area contributed by atoms with Gasteiger partial charge in [-0.1, -0.05) is 18.2 Å². The van der Waals surface area contributed by atoms with Crippen LogP contribution in [0.2, 0.25) is 0 Å². The molecule has 0 atom stereocenters. The molecule has 0 unspecified atom stereocenters. The Hall–Kier alpha value is -3.98. The summed E-state index contributed by atoms with van der Waals surface area (Å²) in [7, 11) is -3.10. The number of aromatic nitrogens is 2. The predicted octanol–water partition coefficient (Wildman–Crippen LogP) is 4.29. The van der Waals surface area contributed by atoms with Gasteiger partial charge in [0.15, 0.2) is 0 Å². The molecule has 0 spiro atoms. The number of rotatable bonds is 8. The molecule has 10 nitrogen and oxygen atoms in total. The molecule has 3 aromatic carbocycles. The van der Waals surface area contributed by atoms with Crippen LogP contribution in [0.5, 0.6) is 17.2 Å². The van der Waals surface area contributed by atoms with Crippen molar-refractivity contribution in [1.29, 1.82) is 0 Å². The smallest absolute Gasteiger partial charge is 0.334 e. The second kappa shape index (κ2) is 9.88. The van der Waals surface area contributed by atoms with Crippen LogP contribution in [0, 0.1) is 0 Å². The van der Waals surface area contributed by atoms with Crippen molar-refractivity contribution in [3.8, 4) is 17.2 Å². The van der Waals surface area contributed by atoms with Crippen LogP contribution in [-0.4, -0.2) is 38.9 Å². The van der Waals surface area contributed by atoms with Crippen molar-refractivity contribution in [2.75, 3.05) is 23.9 Å². The van der Waals surface area contributed by atoms with Crippen LogP contribution >= 0.6 is 7.60 Å². The summed E-state index contributed by atoms with van der Waals surface area (Å²) in [5.74, 6) is 1.32. The number of benzene rings is 3. The SMILES string of the molecule is COc1cc2ncnc(Nc3ccc(Oc4ccccc4)cc3)c2cc1NC(=O)CP(=O)(O)O. The molecule has 0 fully saturated rings. The summed E-state index contributed by atoms with van der Waals surface area (Å²) < 4.78 is 22.3. The van der Waals surface area contributed by atoms with Gasteiger partial charge in [0.1, 0.15) is 35.6 Å². The summed E-state index contributed by atoms with van der Waals surface area (Å²) in [4.78, 5) is 38.7. The third-order valence-electron chi connectivity index (χ3n) is 4.68. The van der Waals surface area contributed by atoms with Crippen LogP contribution in [0.15, 0.2) is 73.1 Å². The number of hydrogen-bond acceptors (Lipinski definition) is 7. The van der Waals surface area contributed by atoms with Crippen LogP contribution in [0.1, 0.15) is 0 Å². The lowest BCUT2D eigenvalue weighted by Crippen LogP contribution is -2.16. The minimum atomic E-state index is -4.51. The summed E-state index contributed by atoms with van der Waals surface area (Å²) in [5.41, 5.74) is 1.52. The maximum Gasteiger partial charge on any atom is 0.334 e. The molecule has 174 valence electrons. The molecule has 11 heteroatoms. The first kappa shape index (κ1) is 23.2. The van der Waals surface area contributed by atoms with E-state index in [1.807, 2.05) is 54.6 Å². The Kier molecular flexibility index (Phi) is 6.74. The number of ether oxygens (including phenoxy) is 2. The van der Waals surface area contributed by atoms with E-state index >= 15 is 0 Å². The molecule has 0 aliphatic rings. The molecule has 1 amide bonds. The van der Waals surface area contributed by atoms with Crippen molar-refractivity contribution in [2.24, 2.45) is 0 Å². The number of nitrogens with one attached hydrogen (secondary N) is 2. The monoisotopic (exact) mass is 480 g/mol. The number of amides is 1. The molecule has 4 N–H and O–H groups in total. The molecule has 4 rings (SSSR count). The van der Waals surface area contributed by atoms with Crippen molar-refractivity contribution in [1.82, 2.24) is 9.97 Å². The maximum atomic E-state index is 12.1. The van der Waals surface area contributed by atoms with Gasteiger partial charge < -0.3 is 29.9 Å². The number of carbonyl (C=O) groups excluding carboxylic acids is 1. The molecule has 0 saturated carbocycles. The zero-order valence-electron chi connectivity index (χ0n) is 18.0. The average molecular weight is 480 g/mol. The molecule has 34 heavy (non-hydrogen) atoms. The topological polar surface area (TPSA) is 143 Å². The fourth-order valence-corrected chi connectivity index (χ4v) is 3.65. The minimum Gasteiger partial charge on any atom is -0.494 e. The van der Waals surface area contributed by atoms with Crippen molar-refractivity contribution in [3.05, 3.63) is 73.1 Å². The lowest BCUT2D eigenvalue weighted by atomic mass is 10.2. The summed E-state index contributed by atoms with van der Waals surface area (Å²) in [6.07, 6.45) is 0.449. The predicted molar refractivity (Wildman–Crippen MR) is 128 cm³/mol. The highest BCUT2D eigenvalue weighted by atomic mass is 31.2. The Morgan fingerprint density at radius 2 is 1.71 bits per heavy atom. The molecule has 0 bridgehead atoms. The number of hydrogen-bond donors (Lipinski definition) is 4. The minimum absolute atomic E-state index is 0.234. The van der Waals surface area contributed by atoms with E-state index in [9.17, 15) is 9.36 Å². The molecule has 1 heterocycles. The highest BCUT2D eigenvalue weighted by Gasteiger charge is 2.21. The normalized spacial score (nSPS) is 11.1. The van der Waals surface area contributed by atoms with Crippen LogP contribution in [0.25, 0.3) is 10.9 Å². The van der Waals surface area contributed by atoms with Crippen molar-refractivity contribution in [3.63, 3.8) is 0 Å². The third kappa shape index (κ3) is 5.87.